The van der Waals surface area contributed by atoms with Crippen LogP contribution in [-0.2, 0) is 6.54 Å². The van der Waals surface area contributed by atoms with Crippen LogP contribution in [0.3, 0.4) is 0 Å². The molecule has 10 heteroatoms. The molecule has 0 radical (unpaired) electrons. The summed E-state index contributed by atoms with van der Waals surface area (Å²) in [4.78, 5) is 16.5. The lowest BCUT2D eigenvalue weighted by molar-refractivity contribution is -0.0328. The fourth-order valence-corrected chi connectivity index (χ4v) is 3.26. The fourth-order valence-electron chi connectivity index (χ4n) is 2.35. The van der Waals surface area contributed by atoms with E-state index >= 15 is 0 Å². The zero-order valence-corrected chi connectivity index (χ0v) is 15.3. The molecule has 5 nitrogen and oxygen atoms in total. The number of hydrogen-bond donors (Lipinski definition) is 1. The molecule has 0 fully saturated rings. The lowest BCUT2D eigenvalue weighted by Gasteiger charge is -2.07. The summed E-state index contributed by atoms with van der Waals surface area (Å²) in [7, 11) is 0. The second-order valence-corrected chi connectivity index (χ2v) is 7.23. The van der Waals surface area contributed by atoms with E-state index in [1.54, 1.807) is 18.5 Å². The van der Waals surface area contributed by atoms with E-state index in [1.165, 1.54) is 35.0 Å². The molecule has 2 aromatic heterocycles. The van der Waals surface area contributed by atoms with Gasteiger partial charge in [-0.1, -0.05) is 0 Å². The molecule has 2 heterocycles. The summed E-state index contributed by atoms with van der Waals surface area (Å²) >= 11 is 3.09. The first kappa shape index (κ1) is 18.6. The predicted molar refractivity (Wildman–Crippen MR) is 94.6 cm³/mol. The summed E-state index contributed by atoms with van der Waals surface area (Å²) in [6.07, 6.45) is 4.45. The van der Waals surface area contributed by atoms with E-state index in [2.05, 4.69) is 20.9 Å². The van der Waals surface area contributed by atoms with E-state index in [4.69, 9.17) is 0 Å². The van der Waals surface area contributed by atoms with Gasteiger partial charge in [0.05, 0.1) is 18.4 Å². The van der Waals surface area contributed by atoms with E-state index < -0.39 is 11.2 Å². The Kier molecular flexibility index (Phi) is 5.15. The van der Waals surface area contributed by atoms with Crippen LogP contribution in [0.2, 0.25) is 0 Å². The van der Waals surface area contributed by atoms with Gasteiger partial charge in [0.2, 0.25) is 5.88 Å². The van der Waals surface area contributed by atoms with E-state index in [-0.39, 0.29) is 34.8 Å². The van der Waals surface area contributed by atoms with Crippen molar-refractivity contribution in [3.8, 4) is 11.6 Å². The third kappa shape index (κ3) is 4.13. The highest BCUT2D eigenvalue weighted by molar-refractivity contribution is 9.10. The van der Waals surface area contributed by atoms with Crippen molar-refractivity contribution in [1.82, 2.24) is 14.1 Å². The fraction of sp³-hybridized carbons (Fsp3) is 0.125. The van der Waals surface area contributed by atoms with Crippen molar-refractivity contribution in [2.45, 2.75) is 16.9 Å². The average molecular weight is 446 g/mol. The van der Waals surface area contributed by atoms with Crippen LogP contribution in [0.1, 0.15) is 5.56 Å². The molecule has 0 saturated carbocycles. The molecule has 3 aromatic rings. The molecule has 0 aliphatic heterocycles. The Morgan fingerprint density at radius 2 is 1.88 bits per heavy atom. The van der Waals surface area contributed by atoms with E-state index in [0.29, 0.717) is 4.47 Å². The molecule has 1 N–H and O–H groups in total. The third-order valence-electron chi connectivity index (χ3n) is 3.46. The molecule has 0 amide bonds. The number of aromatic hydroxyl groups is 1. The Morgan fingerprint density at radius 3 is 2.50 bits per heavy atom. The van der Waals surface area contributed by atoms with Crippen LogP contribution in [0.25, 0.3) is 5.69 Å². The number of pyridine rings is 1. The number of imidazole rings is 1. The first-order chi connectivity index (χ1) is 12.2. The van der Waals surface area contributed by atoms with Crippen LogP contribution < -0.4 is 5.69 Å². The molecule has 26 heavy (non-hydrogen) atoms. The molecule has 0 atom stereocenters. The smallest absolute Gasteiger partial charge is 0.446 e. The summed E-state index contributed by atoms with van der Waals surface area (Å²) < 4.78 is 40.2. The molecule has 0 saturated heterocycles. The Bertz CT molecular complexity index is 984. The highest BCUT2D eigenvalue weighted by Crippen LogP contribution is 2.37. The standard InChI is InChI=1S/C16H11BrF3N3O2S/c17-13-7-21-6-5-10(13)8-22-9-14(24)23(15(22)25)11-1-3-12(4-2-11)26-16(18,19)20/h1-7,9,24H,8H2. The van der Waals surface area contributed by atoms with Crippen molar-refractivity contribution in [3.05, 3.63) is 69.4 Å². The predicted octanol–water partition coefficient (Wildman–Crippen LogP) is 4.16. The minimum atomic E-state index is -4.39. The average Bonchev–Trinajstić information content (AvgIpc) is 2.83. The number of hydrogen-bond acceptors (Lipinski definition) is 4. The minimum absolute atomic E-state index is 0.00561. The third-order valence-corrected chi connectivity index (χ3v) is 4.92. The maximum atomic E-state index is 12.6. The molecular weight excluding hydrogens is 435 g/mol. The van der Waals surface area contributed by atoms with Crippen molar-refractivity contribution < 1.29 is 18.3 Å². The quantitative estimate of drug-likeness (QED) is 0.612. The first-order valence-electron chi connectivity index (χ1n) is 7.20. The second-order valence-electron chi connectivity index (χ2n) is 5.24. The van der Waals surface area contributed by atoms with Crippen LogP contribution in [0, 0.1) is 0 Å². The Balaban J connectivity index is 1.91. The van der Waals surface area contributed by atoms with Crippen molar-refractivity contribution in [2.75, 3.05) is 0 Å². The lowest BCUT2D eigenvalue weighted by Crippen LogP contribution is -2.23. The molecule has 0 unspecified atom stereocenters. The first-order valence-corrected chi connectivity index (χ1v) is 8.81. The zero-order valence-electron chi connectivity index (χ0n) is 12.9. The molecule has 0 aliphatic rings. The Hall–Kier alpha value is -2.20. The van der Waals surface area contributed by atoms with Crippen LogP contribution in [0.15, 0.2) is 63.1 Å². The maximum Gasteiger partial charge on any atom is 0.446 e. The molecule has 0 aliphatic carbocycles. The summed E-state index contributed by atoms with van der Waals surface area (Å²) in [6.45, 7) is 0.199. The largest absolute Gasteiger partial charge is 0.493 e. The van der Waals surface area contributed by atoms with Gasteiger partial charge in [0.15, 0.2) is 0 Å². The normalized spacial score (nSPS) is 11.7. The van der Waals surface area contributed by atoms with E-state index in [9.17, 15) is 23.1 Å². The summed E-state index contributed by atoms with van der Waals surface area (Å²) in [5.74, 6) is -0.309. The molecular formula is C16H11BrF3N3O2S. The number of nitrogens with zero attached hydrogens (tertiary/aromatic N) is 3. The van der Waals surface area contributed by atoms with Gasteiger partial charge in [-0.05, 0) is 63.6 Å². The number of halogens is 4. The van der Waals surface area contributed by atoms with Gasteiger partial charge in [0, 0.05) is 21.8 Å². The maximum absolute atomic E-state index is 12.6. The molecule has 0 spiro atoms. The number of thioether (sulfide) groups is 1. The Labute approximate surface area is 158 Å². The van der Waals surface area contributed by atoms with E-state index in [1.807, 2.05) is 0 Å². The molecule has 0 bridgehead atoms. The van der Waals surface area contributed by atoms with Crippen molar-refractivity contribution >= 4 is 27.7 Å². The lowest BCUT2D eigenvalue weighted by atomic mass is 10.3. The van der Waals surface area contributed by atoms with Gasteiger partial charge in [-0.2, -0.15) is 13.2 Å². The number of alkyl halides is 3. The van der Waals surface area contributed by atoms with Crippen LogP contribution in [0.4, 0.5) is 13.2 Å². The Morgan fingerprint density at radius 1 is 1.19 bits per heavy atom. The molecule has 3 rings (SSSR count). The number of rotatable bonds is 4. The van der Waals surface area contributed by atoms with Crippen LogP contribution >= 0.6 is 27.7 Å². The summed E-state index contributed by atoms with van der Waals surface area (Å²) in [5, 5.41) is 10.1. The van der Waals surface area contributed by atoms with Gasteiger partial charge >= 0.3 is 11.2 Å². The monoisotopic (exact) mass is 445 g/mol. The van der Waals surface area contributed by atoms with E-state index in [0.717, 1.165) is 10.1 Å². The van der Waals surface area contributed by atoms with Crippen molar-refractivity contribution in [3.63, 3.8) is 0 Å². The van der Waals surface area contributed by atoms with Gasteiger partial charge < -0.3 is 5.11 Å². The van der Waals surface area contributed by atoms with Crippen molar-refractivity contribution in [1.29, 1.82) is 0 Å². The van der Waals surface area contributed by atoms with Crippen LogP contribution in [0.5, 0.6) is 5.88 Å². The number of aromatic nitrogens is 3. The zero-order chi connectivity index (χ0) is 18.9. The summed E-state index contributed by atoms with van der Waals surface area (Å²) in [5.41, 5.74) is -3.84. The van der Waals surface area contributed by atoms with Gasteiger partial charge in [0.1, 0.15) is 0 Å². The van der Waals surface area contributed by atoms with Gasteiger partial charge in [0.25, 0.3) is 0 Å². The van der Waals surface area contributed by atoms with Gasteiger partial charge in [-0.25, -0.2) is 9.36 Å². The topological polar surface area (TPSA) is 60.1 Å². The summed E-state index contributed by atoms with van der Waals surface area (Å²) in [6, 6.07) is 6.92. The SMILES string of the molecule is O=c1n(Cc2ccncc2Br)cc(O)n1-c1ccc(SC(F)(F)F)cc1. The van der Waals surface area contributed by atoms with Crippen molar-refractivity contribution in [2.24, 2.45) is 0 Å². The van der Waals surface area contributed by atoms with Crippen LogP contribution in [-0.4, -0.2) is 24.7 Å². The minimum Gasteiger partial charge on any atom is -0.493 e. The van der Waals surface area contributed by atoms with Gasteiger partial charge in [-0.15, -0.1) is 0 Å². The highest BCUT2D eigenvalue weighted by atomic mass is 79.9. The number of benzene rings is 1. The molecule has 136 valence electrons. The highest BCUT2D eigenvalue weighted by Gasteiger charge is 2.29. The molecule has 1 aromatic carbocycles. The van der Waals surface area contributed by atoms with Gasteiger partial charge in [-0.3, -0.25) is 9.55 Å². The second kappa shape index (κ2) is 7.20.